The Labute approximate surface area is 167 Å². The summed E-state index contributed by atoms with van der Waals surface area (Å²) in [6.07, 6.45) is 1.42. The van der Waals surface area contributed by atoms with Gasteiger partial charge in [0.25, 0.3) is 5.56 Å². The molecule has 8 heteroatoms. The number of thiophene rings is 2. The van der Waals surface area contributed by atoms with Gasteiger partial charge in [0.1, 0.15) is 11.4 Å². The molecule has 0 saturated heterocycles. The third-order valence-electron chi connectivity index (χ3n) is 3.99. The molecule has 1 N–H and O–H groups in total. The van der Waals surface area contributed by atoms with Crippen LogP contribution in [0.2, 0.25) is 5.02 Å². The lowest BCUT2D eigenvalue weighted by Crippen LogP contribution is -2.27. The van der Waals surface area contributed by atoms with Gasteiger partial charge in [0.15, 0.2) is 0 Å². The topological polar surface area (TPSA) is 64.0 Å². The quantitative estimate of drug-likeness (QED) is 0.521. The molecule has 0 saturated carbocycles. The summed E-state index contributed by atoms with van der Waals surface area (Å²) in [5.41, 5.74) is 1.23. The summed E-state index contributed by atoms with van der Waals surface area (Å²) in [4.78, 5) is 32.5. The second kappa shape index (κ2) is 7.26. The minimum atomic E-state index is -0.315. The Morgan fingerprint density at radius 1 is 1.30 bits per heavy atom. The van der Waals surface area contributed by atoms with Gasteiger partial charge in [0, 0.05) is 31.4 Å². The summed E-state index contributed by atoms with van der Waals surface area (Å²) in [5.74, 6) is -0.315. The van der Waals surface area contributed by atoms with E-state index in [9.17, 15) is 9.59 Å². The molecular weight excluding hydrogens is 402 g/mol. The SMILES string of the molecule is Cc1ccc(-c2csc3ncn(CC(=O)Nc4cccc(Cl)c4)c(=O)c23)s1. The van der Waals surface area contributed by atoms with Crippen LogP contribution in [-0.4, -0.2) is 15.5 Å². The number of rotatable bonds is 4. The van der Waals surface area contributed by atoms with Crippen LogP contribution >= 0.6 is 34.3 Å². The van der Waals surface area contributed by atoms with Crippen LogP contribution in [0.1, 0.15) is 4.88 Å². The Kier molecular flexibility index (Phi) is 4.82. The van der Waals surface area contributed by atoms with Gasteiger partial charge in [0.2, 0.25) is 5.91 Å². The maximum absolute atomic E-state index is 13.0. The van der Waals surface area contributed by atoms with Crippen molar-refractivity contribution in [2.24, 2.45) is 0 Å². The molecule has 5 nitrogen and oxygen atoms in total. The van der Waals surface area contributed by atoms with Crippen LogP contribution < -0.4 is 10.9 Å². The first-order valence-corrected chi connectivity index (χ1v) is 10.2. The van der Waals surface area contributed by atoms with Gasteiger partial charge in [-0.1, -0.05) is 17.7 Å². The molecule has 0 bridgehead atoms. The van der Waals surface area contributed by atoms with Crippen molar-refractivity contribution in [3.05, 3.63) is 68.4 Å². The summed E-state index contributed by atoms with van der Waals surface area (Å²) in [7, 11) is 0. The van der Waals surface area contributed by atoms with Crippen molar-refractivity contribution in [1.82, 2.24) is 9.55 Å². The molecule has 0 aliphatic heterocycles. The largest absolute Gasteiger partial charge is 0.324 e. The lowest BCUT2D eigenvalue weighted by atomic mass is 10.2. The Bertz CT molecular complexity index is 1210. The van der Waals surface area contributed by atoms with Crippen LogP contribution in [-0.2, 0) is 11.3 Å². The Balaban J connectivity index is 1.65. The number of nitrogens with one attached hydrogen (secondary N) is 1. The third kappa shape index (κ3) is 3.66. The van der Waals surface area contributed by atoms with Crippen molar-refractivity contribution < 1.29 is 4.79 Å². The third-order valence-corrected chi connectivity index (χ3v) is 6.14. The molecule has 0 unspecified atom stereocenters. The van der Waals surface area contributed by atoms with Crippen molar-refractivity contribution >= 4 is 56.1 Å². The van der Waals surface area contributed by atoms with Crippen LogP contribution in [0.5, 0.6) is 0 Å². The van der Waals surface area contributed by atoms with Gasteiger partial charge < -0.3 is 5.32 Å². The molecule has 3 heterocycles. The van der Waals surface area contributed by atoms with Crippen molar-refractivity contribution in [3.8, 4) is 10.4 Å². The first-order chi connectivity index (χ1) is 13.0. The number of aromatic nitrogens is 2. The minimum absolute atomic E-state index is 0.118. The van der Waals surface area contributed by atoms with Crippen LogP contribution in [0, 0.1) is 6.92 Å². The van der Waals surface area contributed by atoms with E-state index < -0.39 is 0 Å². The van der Waals surface area contributed by atoms with E-state index in [1.807, 2.05) is 24.4 Å². The van der Waals surface area contributed by atoms with E-state index in [4.69, 9.17) is 11.6 Å². The summed E-state index contributed by atoms with van der Waals surface area (Å²) in [6, 6.07) is 10.9. The van der Waals surface area contributed by atoms with Gasteiger partial charge in [0.05, 0.1) is 11.7 Å². The first-order valence-electron chi connectivity index (χ1n) is 8.10. The Morgan fingerprint density at radius 2 is 2.15 bits per heavy atom. The van der Waals surface area contributed by atoms with Crippen molar-refractivity contribution in [1.29, 1.82) is 0 Å². The molecule has 1 aromatic carbocycles. The van der Waals surface area contributed by atoms with Gasteiger partial charge in [-0.15, -0.1) is 22.7 Å². The second-order valence-electron chi connectivity index (χ2n) is 5.98. The summed E-state index contributed by atoms with van der Waals surface area (Å²) in [6.45, 7) is 1.91. The Morgan fingerprint density at radius 3 is 2.89 bits per heavy atom. The van der Waals surface area contributed by atoms with Gasteiger partial charge in [-0.25, -0.2) is 4.98 Å². The molecule has 27 heavy (non-hydrogen) atoms. The number of hydrogen-bond donors (Lipinski definition) is 1. The zero-order chi connectivity index (χ0) is 19.0. The number of nitrogens with zero attached hydrogens (tertiary/aromatic N) is 2. The van der Waals surface area contributed by atoms with Crippen molar-refractivity contribution in [3.63, 3.8) is 0 Å². The number of hydrogen-bond acceptors (Lipinski definition) is 5. The lowest BCUT2D eigenvalue weighted by molar-refractivity contribution is -0.116. The summed E-state index contributed by atoms with van der Waals surface area (Å²) >= 11 is 8.99. The van der Waals surface area contributed by atoms with E-state index in [-0.39, 0.29) is 18.0 Å². The maximum atomic E-state index is 13.0. The van der Waals surface area contributed by atoms with Gasteiger partial charge in [-0.2, -0.15) is 0 Å². The highest BCUT2D eigenvalue weighted by molar-refractivity contribution is 7.19. The molecule has 3 aromatic heterocycles. The molecule has 136 valence electrons. The number of carbonyl (C=O) groups is 1. The van der Waals surface area contributed by atoms with E-state index in [1.54, 1.807) is 35.6 Å². The smallest absolute Gasteiger partial charge is 0.263 e. The van der Waals surface area contributed by atoms with Crippen LogP contribution in [0.25, 0.3) is 20.7 Å². The maximum Gasteiger partial charge on any atom is 0.263 e. The summed E-state index contributed by atoms with van der Waals surface area (Å²) < 4.78 is 1.33. The number of aryl methyl sites for hydroxylation is 1. The van der Waals surface area contributed by atoms with Crippen molar-refractivity contribution in [2.75, 3.05) is 5.32 Å². The molecule has 0 radical (unpaired) electrons. The zero-order valence-corrected chi connectivity index (χ0v) is 16.6. The molecule has 0 aliphatic carbocycles. The first kappa shape index (κ1) is 17.9. The molecule has 0 spiro atoms. The fraction of sp³-hybridized carbons (Fsp3) is 0.105. The number of halogens is 1. The standard InChI is InChI=1S/C19H14ClN3O2S2/c1-11-5-6-15(27-11)14-9-26-18-17(14)19(25)23(10-21-18)8-16(24)22-13-4-2-3-12(20)7-13/h2-7,9-10H,8H2,1H3,(H,22,24). The molecule has 4 aromatic rings. The van der Waals surface area contributed by atoms with Gasteiger partial charge >= 0.3 is 0 Å². The molecule has 0 aliphatic rings. The molecule has 0 atom stereocenters. The normalized spacial score (nSPS) is 11.0. The van der Waals surface area contributed by atoms with Gasteiger partial charge in [-0.3, -0.25) is 14.2 Å². The monoisotopic (exact) mass is 415 g/mol. The number of carbonyl (C=O) groups excluding carboxylic acids is 1. The van der Waals surface area contributed by atoms with E-state index in [1.165, 1.54) is 27.1 Å². The van der Waals surface area contributed by atoms with Gasteiger partial charge in [-0.05, 0) is 37.3 Å². The fourth-order valence-corrected chi connectivity index (χ4v) is 4.81. The zero-order valence-electron chi connectivity index (χ0n) is 14.2. The molecular formula is C19H14ClN3O2S2. The van der Waals surface area contributed by atoms with Crippen LogP contribution in [0.15, 0.2) is 52.9 Å². The average Bonchev–Trinajstić information content (AvgIpc) is 3.23. The number of benzene rings is 1. The summed E-state index contributed by atoms with van der Waals surface area (Å²) in [5, 5.41) is 5.77. The second-order valence-corrected chi connectivity index (χ2v) is 8.56. The lowest BCUT2D eigenvalue weighted by Gasteiger charge is -2.08. The fourth-order valence-electron chi connectivity index (χ4n) is 2.76. The predicted molar refractivity (Wildman–Crippen MR) is 112 cm³/mol. The number of amides is 1. The average molecular weight is 416 g/mol. The highest BCUT2D eigenvalue weighted by atomic mass is 35.5. The Hall–Kier alpha value is -2.48. The van der Waals surface area contributed by atoms with Crippen LogP contribution in [0.3, 0.4) is 0 Å². The highest BCUT2D eigenvalue weighted by Gasteiger charge is 2.15. The molecule has 1 amide bonds. The van der Waals surface area contributed by atoms with Crippen molar-refractivity contribution in [2.45, 2.75) is 13.5 Å². The van der Waals surface area contributed by atoms with E-state index >= 15 is 0 Å². The van der Waals surface area contributed by atoms with E-state index in [2.05, 4.69) is 10.3 Å². The molecule has 0 fully saturated rings. The molecule has 4 rings (SSSR count). The minimum Gasteiger partial charge on any atom is -0.324 e. The predicted octanol–water partition coefficient (Wildman–Crippen LogP) is 4.79. The van der Waals surface area contributed by atoms with Crippen LogP contribution in [0.4, 0.5) is 5.69 Å². The number of anilines is 1. The van der Waals surface area contributed by atoms with E-state index in [0.29, 0.717) is 20.9 Å². The van der Waals surface area contributed by atoms with E-state index in [0.717, 1.165) is 10.4 Å². The number of fused-ring (bicyclic) bond motifs is 1. The highest BCUT2D eigenvalue weighted by Crippen LogP contribution is 2.34.